The topological polar surface area (TPSA) is 51.1 Å². The fraction of sp³-hybridized carbons (Fsp3) is 0.157. The van der Waals surface area contributed by atoms with Crippen molar-refractivity contribution >= 4 is 98.1 Å². The van der Waals surface area contributed by atoms with E-state index in [9.17, 15) is 0 Å². The summed E-state index contributed by atoms with van der Waals surface area (Å²) < 4.78 is 25.9. The Kier molecular flexibility index (Phi) is 15.2. The van der Waals surface area contributed by atoms with Gasteiger partial charge in [-0.2, -0.15) is 0 Å². The molecule has 1 saturated carbocycles. The van der Waals surface area contributed by atoms with Crippen LogP contribution >= 0.6 is 0 Å². The van der Waals surface area contributed by atoms with Gasteiger partial charge in [-0.15, -0.1) is 0 Å². The second kappa shape index (κ2) is 24.5. The summed E-state index contributed by atoms with van der Waals surface area (Å²) in [6, 6.07) is 84.6. The summed E-state index contributed by atoms with van der Waals surface area (Å²) in [6.07, 6.45) is 14.7. The van der Waals surface area contributed by atoms with Crippen LogP contribution < -0.4 is 13.7 Å². The van der Waals surface area contributed by atoms with Crippen LogP contribution in [0.3, 0.4) is 0 Å². The molecule has 17 aromatic rings. The maximum atomic E-state index is 6.44. The number of pyridine rings is 3. The Labute approximate surface area is 554 Å². The molecule has 95 heavy (non-hydrogen) atoms. The number of hydrogen-bond acceptors (Lipinski definition) is 3. The minimum absolute atomic E-state index is 0.845. The Morgan fingerprint density at radius 2 is 0.716 bits per heavy atom. The van der Waals surface area contributed by atoms with Gasteiger partial charge in [-0.1, -0.05) is 166 Å². The summed E-state index contributed by atoms with van der Waals surface area (Å²) in [5.74, 6) is 0.845. The average Bonchev–Trinajstić information content (AvgIpc) is 1.64. The highest BCUT2D eigenvalue weighted by molar-refractivity contribution is 6.14. The molecule has 1 fully saturated rings. The fourth-order valence-electron chi connectivity index (χ4n) is 15.2. The number of aromatic nitrogens is 3. The zero-order valence-electron chi connectivity index (χ0n) is 55.1. The molecule has 0 N–H and O–H groups in total. The summed E-state index contributed by atoms with van der Waals surface area (Å²) in [7, 11) is 6.36. The smallest absolute Gasteiger partial charge is 0.213 e. The summed E-state index contributed by atoms with van der Waals surface area (Å²) in [5.41, 5.74) is 24.2. The molecule has 0 radical (unpaired) electrons. The Hall–Kier alpha value is -11.0. The van der Waals surface area contributed by atoms with Crippen molar-refractivity contribution in [2.45, 2.75) is 66.2 Å². The zero-order valence-corrected chi connectivity index (χ0v) is 55.1. The van der Waals surface area contributed by atoms with Crippen molar-refractivity contribution < 1.29 is 27.0 Å². The Morgan fingerprint density at radius 3 is 1.17 bits per heavy atom. The summed E-state index contributed by atoms with van der Waals surface area (Å²) >= 11 is 0. The number of aryl methyl sites for hydroxylation is 7. The van der Waals surface area contributed by atoms with Crippen LogP contribution in [0.4, 0.5) is 0 Å². The van der Waals surface area contributed by atoms with Gasteiger partial charge in [0.05, 0.1) is 16.7 Å². The number of nitrogens with zero attached hydrogens (tertiary/aromatic N) is 3. The largest absolute Gasteiger partial charge is 0.456 e. The summed E-state index contributed by atoms with van der Waals surface area (Å²) in [5, 5.41) is 14.4. The van der Waals surface area contributed by atoms with E-state index in [0.29, 0.717) is 0 Å². The molecule has 18 rings (SSSR count). The first-order valence-corrected chi connectivity index (χ1v) is 33.6. The van der Waals surface area contributed by atoms with Gasteiger partial charge in [-0.05, 0) is 173 Å². The molecule has 462 valence electrons. The third-order valence-corrected chi connectivity index (χ3v) is 20.4. The van der Waals surface area contributed by atoms with Crippen molar-refractivity contribution in [1.29, 1.82) is 0 Å². The fourth-order valence-corrected chi connectivity index (χ4v) is 15.2. The Balaban J connectivity index is 0.000000112. The van der Waals surface area contributed by atoms with Crippen molar-refractivity contribution in [2.24, 2.45) is 27.1 Å². The van der Waals surface area contributed by atoms with Gasteiger partial charge in [0.2, 0.25) is 17.1 Å². The normalized spacial score (nSPS) is 12.8. The van der Waals surface area contributed by atoms with Crippen molar-refractivity contribution in [3.63, 3.8) is 0 Å². The van der Waals surface area contributed by atoms with Gasteiger partial charge in [-0.25, -0.2) is 13.7 Å². The molecule has 0 saturated heterocycles. The van der Waals surface area contributed by atoms with E-state index < -0.39 is 0 Å². The number of hydrogen-bond donors (Lipinski definition) is 0. The minimum Gasteiger partial charge on any atom is -0.456 e. The predicted octanol–water partition coefficient (Wildman–Crippen LogP) is 22.4. The second-order valence-corrected chi connectivity index (χ2v) is 26.5. The van der Waals surface area contributed by atoms with E-state index in [0.717, 1.165) is 39.4 Å². The molecular formula is C89H76N3O3+3. The van der Waals surface area contributed by atoms with Gasteiger partial charge < -0.3 is 13.3 Å². The molecular weight excluding hydrogens is 1160 g/mol. The third kappa shape index (κ3) is 11.0. The number of fused-ring (bicyclic) bond motifs is 12. The molecule has 11 aromatic carbocycles. The molecule has 6 aromatic heterocycles. The highest BCUT2D eigenvalue weighted by Gasteiger charge is 2.25. The van der Waals surface area contributed by atoms with Gasteiger partial charge in [0.25, 0.3) is 0 Å². The number of furan rings is 3. The van der Waals surface area contributed by atoms with Crippen LogP contribution in [0.25, 0.3) is 154 Å². The molecule has 0 amide bonds. The van der Waals surface area contributed by atoms with Crippen molar-refractivity contribution in [3.8, 4) is 56.0 Å². The van der Waals surface area contributed by atoms with Gasteiger partial charge >= 0.3 is 0 Å². The van der Waals surface area contributed by atoms with E-state index in [2.05, 4.69) is 318 Å². The highest BCUT2D eigenvalue weighted by atomic mass is 16.3. The van der Waals surface area contributed by atoms with Crippen LogP contribution in [0.5, 0.6) is 0 Å². The molecule has 0 bridgehead atoms. The van der Waals surface area contributed by atoms with Crippen molar-refractivity contribution in [2.75, 3.05) is 0 Å². The van der Waals surface area contributed by atoms with Crippen LogP contribution in [0.1, 0.15) is 59.9 Å². The predicted molar refractivity (Wildman–Crippen MR) is 394 cm³/mol. The quantitative estimate of drug-likeness (QED) is 0.149. The minimum atomic E-state index is 0.845. The first-order valence-electron chi connectivity index (χ1n) is 33.6. The lowest BCUT2D eigenvalue weighted by Crippen LogP contribution is -2.31. The molecule has 0 aliphatic heterocycles. The average molecular weight is 1240 g/mol. The van der Waals surface area contributed by atoms with Crippen molar-refractivity contribution in [1.82, 2.24) is 0 Å². The SMILES string of the molecule is Cc1c(-c2cc(-c3ccccc3)cc[n+]2C)ccc2c1oc1cc3ccccc3cc12.Cc1c(-c2cc(CC3CCCCC3)cc[n+]2C)ccc2c1oc1cc3ccccc3cc12.Cc1c[n+](C)c(-c2ccc3c(oc4cc5ccccc5cc43)c2C)cc1-c1ccccc1. The maximum absolute atomic E-state index is 6.44. The number of rotatable bonds is 7. The highest BCUT2D eigenvalue weighted by Crippen LogP contribution is 2.42. The second-order valence-electron chi connectivity index (χ2n) is 26.5. The molecule has 0 unspecified atom stereocenters. The molecule has 6 nitrogen and oxygen atoms in total. The number of benzene rings is 11. The van der Waals surface area contributed by atoms with Crippen LogP contribution in [0.2, 0.25) is 0 Å². The maximum Gasteiger partial charge on any atom is 0.213 e. The monoisotopic (exact) mass is 1230 g/mol. The van der Waals surface area contributed by atoms with Gasteiger partial charge in [0.1, 0.15) is 54.6 Å². The van der Waals surface area contributed by atoms with E-state index in [1.54, 1.807) is 0 Å². The standard InChI is InChI=1S/C30H24NO.C30H30NO.C29H22NO/c1-19-18-31(3)28(17-26(19)21-9-5-4-6-10-21)24-13-14-25-27-15-22-11-7-8-12-23(22)16-29(27)32-30(25)20(24)2;1-20-25(28-17-22(14-15-31(28)2)16-21-8-4-3-5-9-21)12-13-26-27-18-23-10-6-7-11-24(23)19-29(27)32-30(20)26;1-19-24(27-17-23(14-15-30(27)2)20-8-4-3-5-9-20)12-13-25-26-16-21-10-6-7-11-22(21)18-28(26)31-29(19)25/h4-18H,1-3H3;6-7,10-15,17-19,21H,3-5,8-9,16H2,1-2H3;3-18H,1-2H3/q3*+1. The zero-order chi connectivity index (χ0) is 64.4. The lowest BCUT2D eigenvalue weighted by atomic mass is 9.85. The van der Waals surface area contributed by atoms with Crippen LogP contribution in [0.15, 0.2) is 268 Å². The summed E-state index contributed by atoms with van der Waals surface area (Å²) in [6.45, 7) is 8.70. The van der Waals surface area contributed by atoms with E-state index in [4.69, 9.17) is 13.3 Å². The Bertz CT molecular complexity index is 5830. The lowest BCUT2D eigenvalue weighted by Gasteiger charge is -2.21. The molecule has 6 heterocycles. The summed E-state index contributed by atoms with van der Waals surface area (Å²) in [4.78, 5) is 0. The van der Waals surface area contributed by atoms with E-state index >= 15 is 0 Å². The molecule has 0 spiro atoms. The van der Waals surface area contributed by atoms with Gasteiger partial charge in [0, 0.05) is 84.9 Å². The van der Waals surface area contributed by atoms with E-state index in [1.807, 2.05) is 0 Å². The molecule has 0 atom stereocenters. The van der Waals surface area contributed by atoms with Crippen LogP contribution in [-0.2, 0) is 27.6 Å². The molecule has 1 aliphatic rings. The van der Waals surface area contributed by atoms with E-state index in [1.165, 1.54) is 187 Å². The lowest BCUT2D eigenvalue weighted by molar-refractivity contribution is -0.660. The first kappa shape index (κ1) is 59.1. The van der Waals surface area contributed by atoms with Crippen molar-refractivity contribution in [3.05, 3.63) is 283 Å². The first-order chi connectivity index (χ1) is 46.5. The van der Waals surface area contributed by atoms with E-state index in [-0.39, 0.29) is 0 Å². The van der Waals surface area contributed by atoms with Crippen LogP contribution in [-0.4, -0.2) is 0 Å². The Morgan fingerprint density at radius 1 is 0.326 bits per heavy atom. The van der Waals surface area contributed by atoms with Gasteiger partial charge in [-0.3, -0.25) is 0 Å². The van der Waals surface area contributed by atoms with Gasteiger partial charge in [0.15, 0.2) is 18.6 Å². The molecule has 1 aliphatic carbocycles. The van der Waals surface area contributed by atoms with Crippen LogP contribution in [0, 0.1) is 33.6 Å². The molecule has 6 heteroatoms. The third-order valence-electron chi connectivity index (χ3n) is 20.4.